The predicted molar refractivity (Wildman–Crippen MR) is 55.1 cm³/mol. The molecule has 14 heavy (non-hydrogen) atoms. The Morgan fingerprint density at radius 2 is 2.21 bits per heavy atom. The molecule has 5 heteroatoms. The van der Waals surface area contributed by atoms with Gasteiger partial charge in [-0.25, -0.2) is 0 Å². The highest BCUT2D eigenvalue weighted by atomic mass is 16.5. The van der Waals surface area contributed by atoms with Crippen LogP contribution in [0.2, 0.25) is 0 Å². The summed E-state index contributed by atoms with van der Waals surface area (Å²) in [7, 11) is 1.76. The molecule has 5 nitrogen and oxygen atoms in total. The van der Waals surface area contributed by atoms with Crippen LogP contribution in [0.4, 0.5) is 0 Å². The molecule has 0 aromatic carbocycles. The van der Waals surface area contributed by atoms with E-state index < -0.39 is 0 Å². The highest BCUT2D eigenvalue weighted by molar-refractivity contribution is 4.72. The molecular formula is C9H18N4O. The summed E-state index contributed by atoms with van der Waals surface area (Å²) in [6.45, 7) is 4.57. The van der Waals surface area contributed by atoms with Crippen molar-refractivity contribution in [2.45, 2.75) is 12.8 Å². The first-order valence-electron chi connectivity index (χ1n) is 5.09. The fraction of sp³-hybridized carbons (Fsp3) is 1.00. The van der Waals surface area contributed by atoms with Gasteiger partial charge in [0.1, 0.15) is 0 Å². The molecule has 1 aliphatic rings. The van der Waals surface area contributed by atoms with Crippen LogP contribution < -0.4 is 0 Å². The van der Waals surface area contributed by atoms with Gasteiger partial charge in [0, 0.05) is 31.7 Å². The highest BCUT2D eigenvalue weighted by Gasteiger charge is 2.17. The normalized spacial score (nSPS) is 19.2. The van der Waals surface area contributed by atoms with Gasteiger partial charge in [-0.3, -0.25) is 0 Å². The third kappa shape index (κ3) is 3.96. The standard InChI is InChI=1S/C9H18N4O/c1-14-8-9-2-5-13(6-3-9)7-4-11-12-10/h9H,2-8H2,1H3. The zero-order chi connectivity index (χ0) is 10.2. The van der Waals surface area contributed by atoms with E-state index in [2.05, 4.69) is 14.9 Å². The molecule has 0 spiro atoms. The molecule has 80 valence electrons. The summed E-state index contributed by atoms with van der Waals surface area (Å²) in [6.07, 6.45) is 2.40. The van der Waals surface area contributed by atoms with Gasteiger partial charge in [-0.1, -0.05) is 5.11 Å². The minimum Gasteiger partial charge on any atom is -0.384 e. The first-order chi connectivity index (χ1) is 6.86. The third-order valence-electron chi connectivity index (χ3n) is 2.69. The molecule has 0 saturated carbocycles. The van der Waals surface area contributed by atoms with E-state index in [0.29, 0.717) is 6.54 Å². The Balaban J connectivity index is 2.12. The van der Waals surface area contributed by atoms with E-state index in [0.717, 1.165) is 32.2 Å². The summed E-state index contributed by atoms with van der Waals surface area (Å²) in [5.74, 6) is 0.718. The SMILES string of the molecule is COCC1CCN(CCN=[N+]=[N-])CC1. The van der Waals surface area contributed by atoms with E-state index in [1.54, 1.807) is 7.11 Å². The maximum absolute atomic E-state index is 8.13. The van der Waals surface area contributed by atoms with Crippen LogP contribution in [0.1, 0.15) is 12.8 Å². The molecule has 0 aliphatic carbocycles. The molecule has 0 atom stereocenters. The summed E-state index contributed by atoms with van der Waals surface area (Å²) in [6, 6.07) is 0. The molecule has 0 unspecified atom stereocenters. The second kappa shape index (κ2) is 6.65. The fourth-order valence-electron chi connectivity index (χ4n) is 1.84. The van der Waals surface area contributed by atoms with Crippen molar-refractivity contribution in [2.75, 3.05) is 39.9 Å². The topological polar surface area (TPSA) is 61.2 Å². The number of piperidine rings is 1. The van der Waals surface area contributed by atoms with E-state index in [4.69, 9.17) is 10.3 Å². The molecule has 0 bridgehead atoms. The number of methoxy groups -OCH3 is 1. The van der Waals surface area contributed by atoms with Crippen molar-refractivity contribution < 1.29 is 4.74 Å². The van der Waals surface area contributed by atoms with E-state index in [9.17, 15) is 0 Å². The highest BCUT2D eigenvalue weighted by Crippen LogP contribution is 2.16. The van der Waals surface area contributed by atoms with Gasteiger partial charge in [-0.2, -0.15) is 0 Å². The minimum absolute atomic E-state index is 0.589. The van der Waals surface area contributed by atoms with Crippen LogP contribution in [-0.2, 0) is 4.74 Å². The number of nitrogens with zero attached hydrogens (tertiary/aromatic N) is 4. The quantitative estimate of drug-likeness (QED) is 0.383. The lowest BCUT2D eigenvalue weighted by Gasteiger charge is -2.31. The van der Waals surface area contributed by atoms with Gasteiger partial charge in [0.05, 0.1) is 0 Å². The molecule has 1 rings (SSSR count). The first kappa shape index (κ1) is 11.3. The van der Waals surface area contributed by atoms with Crippen molar-refractivity contribution in [1.82, 2.24) is 4.90 Å². The lowest BCUT2D eigenvalue weighted by atomic mass is 9.98. The van der Waals surface area contributed by atoms with Gasteiger partial charge in [0.2, 0.25) is 0 Å². The van der Waals surface area contributed by atoms with Crippen LogP contribution in [0.25, 0.3) is 10.4 Å². The Morgan fingerprint density at radius 3 is 2.79 bits per heavy atom. The molecule has 1 fully saturated rings. The predicted octanol–water partition coefficient (Wildman–Crippen LogP) is 1.66. The van der Waals surface area contributed by atoms with Crippen LogP contribution in [0.3, 0.4) is 0 Å². The average molecular weight is 198 g/mol. The van der Waals surface area contributed by atoms with Crippen molar-refractivity contribution in [1.29, 1.82) is 0 Å². The largest absolute Gasteiger partial charge is 0.384 e. The Labute approximate surface area is 84.7 Å². The minimum atomic E-state index is 0.589. The molecule has 0 aromatic heterocycles. The Morgan fingerprint density at radius 1 is 1.50 bits per heavy atom. The molecule has 0 N–H and O–H groups in total. The van der Waals surface area contributed by atoms with Crippen LogP contribution in [0.5, 0.6) is 0 Å². The van der Waals surface area contributed by atoms with Gasteiger partial charge < -0.3 is 9.64 Å². The van der Waals surface area contributed by atoms with Crippen molar-refractivity contribution >= 4 is 0 Å². The zero-order valence-electron chi connectivity index (χ0n) is 8.72. The summed E-state index contributed by atoms with van der Waals surface area (Å²) in [4.78, 5) is 5.09. The second-order valence-electron chi connectivity index (χ2n) is 3.69. The summed E-state index contributed by atoms with van der Waals surface area (Å²) >= 11 is 0. The molecular weight excluding hydrogens is 180 g/mol. The number of hydrogen-bond donors (Lipinski definition) is 0. The molecule has 1 saturated heterocycles. The molecule has 1 heterocycles. The number of azide groups is 1. The van der Waals surface area contributed by atoms with Gasteiger partial charge in [-0.15, -0.1) is 0 Å². The Bertz CT molecular complexity index is 195. The number of rotatable bonds is 5. The first-order valence-corrected chi connectivity index (χ1v) is 5.09. The van der Waals surface area contributed by atoms with Crippen molar-refractivity contribution in [3.8, 4) is 0 Å². The van der Waals surface area contributed by atoms with Crippen LogP contribution in [-0.4, -0.2) is 44.8 Å². The van der Waals surface area contributed by atoms with Gasteiger partial charge >= 0.3 is 0 Å². The Kier molecular flexibility index (Phi) is 5.37. The van der Waals surface area contributed by atoms with Crippen LogP contribution in [0.15, 0.2) is 5.11 Å². The number of hydrogen-bond acceptors (Lipinski definition) is 3. The Hall–Kier alpha value is -0.770. The average Bonchev–Trinajstić information content (AvgIpc) is 2.21. The monoisotopic (exact) mass is 198 g/mol. The van der Waals surface area contributed by atoms with Gasteiger partial charge in [0.25, 0.3) is 0 Å². The maximum Gasteiger partial charge on any atom is 0.0491 e. The fourth-order valence-corrected chi connectivity index (χ4v) is 1.84. The zero-order valence-corrected chi connectivity index (χ0v) is 8.72. The maximum atomic E-state index is 8.13. The van der Waals surface area contributed by atoms with E-state index in [-0.39, 0.29) is 0 Å². The lowest BCUT2D eigenvalue weighted by molar-refractivity contribution is 0.101. The van der Waals surface area contributed by atoms with Crippen LogP contribution in [0, 0.1) is 5.92 Å². The van der Waals surface area contributed by atoms with Crippen molar-refractivity contribution in [3.63, 3.8) is 0 Å². The van der Waals surface area contributed by atoms with Crippen molar-refractivity contribution in [2.24, 2.45) is 11.0 Å². The van der Waals surface area contributed by atoms with E-state index in [1.165, 1.54) is 12.8 Å². The molecule has 0 aromatic rings. The summed E-state index contributed by atoms with van der Waals surface area (Å²) < 4.78 is 5.13. The molecule has 0 amide bonds. The number of likely N-dealkylation sites (tertiary alicyclic amines) is 1. The van der Waals surface area contributed by atoms with E-state index in [1.807, 2.05) is 0 Å². The van der Waals surface area contributed by atoms with E-state index >= 15 is 0 Å². The lowest BCUT2D eigenvalue weighted by Crippen LogP contribution is -2.36. The summed E-state index contributed by atoms with van der Waals surface area (Å²) in [5.41, 5.74) is 8.13. The van der Waals surface area contributed by atoms with Gasteiger partial charge in [0.15, 0.2) is 0 Å². The second-order valence-corrected chi connectivity index (χ2v) is 3.69. The number of ether oxygens (including phenoxy) is 1. The third-order valence-corrected chi connectivity index (χ3v) is 2.69. The molecule has 1 aliphatic heterocycles. The van der Waals surface area contributed by atoms with Crippen molar-refractivity contribution in [3.05, 3.63) is 10.4 Å². The van der Waals surface area contributed by atoms with Gasteiger partial charge in [-0.05, 0) is 37.4 Å². The molecule has 0 radical (unpaired) electrons. The summed E-state index contributed by atoms with van der Waals surface area (Å²) in [5, 5.41) is 3.54. The van der Waals surface area contributed by atoms with Crippen LogP contribution >= 0.6 is 0 Å². The smallest absolute Gasteiger partial charge is 0.0491 e.